The summed E-state index contributed by atoms with van der Waals surface area (Å²) in [5.74, 6) is -0.586. The maximum Gasteiger partial charge on any atom is 0.344 e. The van der Waals surface area contributed by atoms with E-state index in [0.717, 1.165) is 19.3 Å². The number of esters is 1. The van der Waals surface area contributed by atoms with Crippen LogP contribution in [0.15, 0.2) is 42.5 Å². The summed E-state index contributed by atoms with van der Waals surface area (Å²) in [6.07, 6.45) is 3.25. The normalized spacial score (nSPS) is 12.0. The molecule has 1 amide bonds. The van der Waals surface area contributed by atoms with Crippen LogP contribution in [0.3, 0.4) is 0 Å². The van der Waals surface area contributed by atoms with Crippen molar-refractivity contribution in [1.82, 2.24) is 0 Å². The molecule has 0 unspecified atom stereocenters. The van der Waals surface area contributed by atoms with Gasteiger partial charge in [-0.2, -0.15) is 5.26 Å². The second kappa shape index (κ2) is 8.17. The maximum absolute atomic E-state index is 11.9. The SMILES string of the molecule is N#Cc1ccc(OCC(=O)OCC(=O)Nc2ccc3c(c2)CCC3)cc1. The predicted molar refractivity (Wildman–Crippen MR) is 94.7 cm³/mol. The number of aryl methyl sites for hydroxylation is 2. The van der Waals surface area contributed by atoms with E-state index in [1.165, 1.54) is 11.1 Å². The lowest BCUT2D eigenvalue weighted by molar-refractivity contribution is -0.149. The van der Waals surface area contributed by atoms with Crippen LogP contribution in [-0.2, 0) is 27.2 Å². The third-order valence-corrected chi connectivity index (χ3v) is 4.09. The molecule has 0 atom stereocenters. The Labute approximate surface area is 151 Å². The van der Waals surface area contributed by atoms with E-state index < -0.39 is 11.9 Å². The molecule has 2 aromatic carbocycles. The molecule has 0 aliphatic heterocycles. The van der Waals surface area contributed by atoms with Crippen LogP contribution < -0.4 is 10.1 Å². The van der Waals surface area contributed by atoms with Crippen molar-refractivity contribution in [2.45, 2.75) is 19.3 Å². The van der Waals surface area contributed by atoms with Crippen LogP contribution in [0.1, 0.15) is 23.1 Å². The lowest BCUT2D eigenvalue weighted by Crippen LogP contribution is -2.23. The number of nitrogens with zero attached hydrogens (tertiary/aromatic N) is 1. The fourth-order valence-corrected chi connectivity index (χ4v) is 2.80. The number of hydrogen-bond donors (Lipinski definition) is 1. The summed E-state index contributed by atoms with van der Waals surface area (Å²) in [5.41, 5.74) is 3.80. The van der Waals surface area contributed by atoms with E-state index in [0.29, 0.717) is 17.0 Å². The van der Waals surface area contributed by atoms with Crippen LogP contribution in [0.5, 0.6) is 5.75 Å². The van der Waals surface area contributed by atoms with Crippen molar-refractivity contribution in [2.24, 2.45) is 0 Å². The standard InChI is InChI=1S/C20H18N2O4/c21-11-14-4-8-18(9-5-14)25-13-20(24)26-12-19(23)22-17-7-6-15-2-1-3-16(15)10-17/h4-10H,1-3,12-13H2,(H,22,23). The third kappa shape index (κ3) is 4.61. The van der Waals surface area contributed by atoms with E-state index in [2.05, 4.69) is 5.32 Å². The summed E-state index contributed by atoms with van der Waals surface area (Å²) < 4.78 is 10.2. The maximum atomic E-state index is 11.9. The fraction of sp³-hybridized carbons (Fsp3) is 0.250. The Bertz CT molecular complexity index is 853. The zero-order chi connectivity index (χ0) is 18.4. The number of fused-ring (bicyclic) bond motifs is 1. The lowest BCUT2D eigenvalue weighted by Gasteiger charge is -2.09. The first-order chi connectivity index (χ1) is 12.6. The Hall–Kier alpha value is -3.33. The van der Waals surface area contributed by atoms with Gasteiger partial charge in [0.15, 0.2) is 13.2 Å². The quantitative estimate of drug-likeness (QED) is 0.809. The average Bonchev–Trinajstić information content (AvgIpc) is 3.13. The topological polar surface area (TPSA) is 88.4 Å². The number of carbonyl (C=O) groups is 2. The van der Waals surface area contributed by atoms with Gasteiger partial charge in [0.1, 0.15) is 5.75 Å². The van der Waals surface area contributed by atoms with Crippen molar-refractivity contribution in [2.75, 3.05) is 18.5 Å². The summed E-state index contributed by atoms with van der Waals surface area (Å²) in [7, 11) is 0. The number of nitriles is 1. The van der Waals surface area contributed by atoms with Gasteiger partial charge in [-0.1, -0.05) is 6.07 Å². The number of amides is 1. The van der Waals surface area contributed by atoms with E-state index in [4.69, 9.17) is 14.7 Å². The molecule has 0 radical (unpaired) electrons. The Morgan fingerprint density at radius 2 is 1.81 bits per heavy atom. The number of rotatable bonds is 6. The summed E-state index contributed by atoms with van der Waals surface area (Å²) in [6, 6.07) is 14.2. The van der Waals surface area contributed by atoms with Crippen LogP contribution in [0, 0.1) is 11.3 Å². The molecule has 1 N–H and O–H groups in total. The van der Waals surface area contributed by atoms with Crippen molar-refractivity contribution < 1.29 is 19.1 Å². The van der Waals surface area contributed by atoms with Gasteiger partial charge in [-0.05, 0) is 66.8 Å². The summed E-state index contributed by atoms with van der Waals surface area (Å²) in [4.78, 5) is 23.6. The molecule has 6 nitrogen and oxygen atoms in total. The number of hydrogen-bond acceptors (Lipinski definition) is 5. The van der Waals surface area contributed by atoms with E-state index in [1.807, 2.05) is 24.3 Å². The first kappa shape index (κ1) is 17.5. The minimum Gasteiger partial charge on any atom is -0.482 e. The van der Waals surface area contributed by atoms with Crippen LogP contribution in [-0.4, -0.2) is 25.1 Å². The molecular weight excluding hydrogens is 332 g/mol. The fourth-order valence-electron chi connectivity index (χ4n) is 2.80. The van der Waals surface area contributed by atoms with Crippen LogP contribution in [0.2, 0.25) is 0 Å². The molecule has 132 valence electrons. The van der Waals surface area contributed by atoms with Gasteiger partial charge < -0.3 is 14.8 Å². The molecule has 6 heteroatoms. The third-order valence-electron chi connectivity index (χ3n) is 4.09. The molecule has 0 spiro atoms. The van der Waals surface area contributed by atoms with Crippen molar-refractivity contribution in [3.63, 3.8) is 0 Å². The summed E-state index contributed by atoms with van der Waals surface area (Å²) in [6.45, 7) is -0.676. The minimum absolute atomic E-state index is 0.308. The Balaban J connectivity index is 1.41. The van der Waals surface area contributed by atoms with Crippen molar-refractivity contribution in [1.29, 1.82) is 5.26 Å². The highest BCUT2D eigenvalue weighted by molar-refractivity contribution is 5.93. The molecule has 0 heterocycles. The second-order valence-electron chi connectivity index (χ2n) is 5.97. The molecule has 1 aliphatic rings. The van der Waals surface area contributed by atoms with E-state index in [1.54, 1.807) is 24.3 Å². The van der Waals surface area contributed by atoms with Gasteiger partial charge in [0.25, 0.3) is 5.91 Å². The smallest absolute Gasteiger partial charge is 0.344 e. The molecule has 1 aliphatic carbocycles. The Morgan fingerprint density at radius 1 is 1.04 bits per heavy atom. The van der Waals surface area contributed by atoms with Crippen molar-refractivity contribution >= 4 is 17.6 Å². The number of benzene rings is 2. The van der Waals surface area contributed by atoms with E-state index in [-0.39, 0.29) is 13.2 Å². The zero-order valence-corrected chi connectivity index (χ0v) is 14.2. The summed E-state index contributed by atoms with van der Waals surface area (Å²) in [5, 5.41) is 11.4. The molecular formula is C20H18N2O4. The van der Waals surface area contributed by atoms with Crippen LogP contribution in [0.4, 0.5) is 5.69 Å². The number of carbonyl (C=O) groups excluding carboxylic acids is 2. The van der Waals surface area contributed by atoms with Crippen molar-refractivity contribution in [3.05, 3.63) is 59.2 Å². The molecule has 26 heavy (non-hydrogen) atoms. The van der Waals surface area contributed by atoms with Gasteiger partial charge in [0.2, 0.25) is 0 Å². The average molecular weight is 350 g/mol. The highest BCUT2D eigenvalue weighted by Crippen LogP contribution is 2.24. The first-order valence-corrected chi connectivity index (χ1v) is 8.34. The largest absolute Gasteiger partial charge is 0.482 e. The molecule has 2 aromatic rings. The predicted octanol–water partition coefficient (Wildman–Crippen LogP) is 2.61. The van der Waals surface area contributed by atoms with Crippen LogP contribution in [0.25, 0.3) is 0 Å². The number of anilines is 1. The van der Waals surface area contributed by atoms with Gasteiger partial charge in [-0.25, -0.2) is 4.79 Å². The van der Waals surface area contributed by atoms with Crippen molar-refractivity contribution in [3.8, 4) is 11.8 Å². The monoisotopic (exact) mass is 350 g/mol. The van der Waals surface area contributed by atoms with Gasteiger partial charge in [0, 0.05) is 5.69 Å². The number of nitrogens with one attached hydrogen (secondary N) is 1. The van der Waals surface area contributed by atoms with Gasteiger partial charge in [-0.3, -0.25) is 4.79 Å². The first-order valence-electron chi connectivity index (χ1n) is 8.34. The molecule has 0 saturated heterocycles. The molecule has 0 fully saturated rings. The molecule has 0 bridgehead atoms. The van der Waals surface area contributed by atoms with Gasteiger partial charge in [0.05, 0.1) is 11.6 Å². The zero-order valence-electron chi connectivity index (χ0n) is 14.2. The molecule has 0 saturated carbocycles. The number of ether oxygens (including phenoxy) is 2. The molecule has 3 rings (SSSR count). The highest BCUT2D eigenvalue weighted by Gasteiger charge is 2.13. The van der Waals surface area contributed by atoms with Gasteiger partial charge in [-0.15, -0.1) is 0 Å². The Morgan fingerprint density at radius 3 is 2.58 bits per heavy atom. The Kier molecular flexibility index (Phi) is 5.49. The minimum atomic E-state index is -0.640. The van der Waals surface area contributed by atoms with E-state index >= 15 is 0 Å². The molecule has 0 aromatic heterocycles. The highest BCUT2D eigenvalue weighted by atomic mass is 16.6. The lowest BCUT2D eigenvalue weighted by atomic mass is 10.1. The van der Waals surface area contributed by atoms with E-state index in [9.17, 15) is 9.59 Å². The summed E-state index contributed by atoms with van der Waals surface area (Å²) >= 11 is 0. The van der Waals surface area contributed by atoms with Crippen LogP contribution >= 0.6 is 0 Å². The van der Waals surface area contributed by atoms with Gasteiger partial charge >= 0.3 is 5.97 Å². The second-order valence-corrected chi connectivity index (χ2v) is 5.97.